The van der Waals surface area contributed by atoms with E-state index in [-0.39, 0.29) is 12.0 Å². The molecule has 0 aliphatic carbocycles. The van der Waals surface area contributed by atoms with Crippen LogP contribution in [0.25, 0.3) is 0 Å². The Morgan fingerprint density at radius 3 is 2.75 bits per heavy atom. The fourth-order valence-electron chi connectivity index (χ4n) is 0.834. The van der Waals surface area contributed by atoms with E-state index in [1.165, 1.54) is 0 Å². The summed E-state index contributed by atoms with van der Waals surface area (Å²) in [6.07, 6.45) is 1.00. The molecule has 1 rings (SSSR count). The highest BCUT2D eigenvalue weighted by Crippen LogP contribution is 2.26. The van der Waals surface area contributed by atoms with Crippen LogP contribution in [0.3, 0.4) is 0 Å². The average Bonchev–Trinajstić information content (AvgIpc) is 2.17. The van der Waals surface area contributed by atoms with Crippen molar-refractivity contribution in [1.29, 1.82) is 0 Å². The molecule has 2 nitrogen and oxygen atoms in total. The van der Waals surface area contributed by atoms with Crippen molar-refractivity contribution in [2.45, 2.75) is 13.3 Å². The zero-order chi connectivity index (χ0) is 6.04. The number of ether oxygens (including phenoxy) is 1. The highest BCUT2D eigenvalue weighted by Gasteiger charge is 2.28. The fourth-order valence-corrected chi connectivity index (χ4v) is 0.834. The minimum atomic E-state index is 0.0694. The average molecular weight is 116 g/mol. The van der Waals surface area contributed by atoms with Gasteiger partial charge in [-0.25, -0.2) is 0 Å². The zero-order valence-corrected chi connectivity index (χ0v) is 5.18. The number of rotatable bonds is 1. The first-order chi connectivity index (χ1) is 3.77. The zero-order valence-electron chi connectivity index (χ0n) is 5.18. The Kier molecular flexibility index (Phi) is 1.54. The van der Waals surface area contributed by atoms with Crippen LogP contribution in [0.5, 0.6) is 0 Å². The second-order valence-electron chi connectivity index (χ2n) is 2.77. The molecule has 1 unspecified atom stereocenters. The lowest BCUT2D eigenvalue weighted by Gasteiger charge is -2.16. The Morgan fingerprint density at radius 1 is 1.75 bits per heavy atom. The molecule has 2 heteroatoms. The summed E-state index contributed by atoms with van der Waals surface area (Å²) < 4.78 is 5.09. The van der Waals surface area contributed by atoms with E-state index in [1.807, 2.05) is 6.92 Å². The predicted molar refractivity (Wildman–Crippen MR) is 30.6 cm³/mol. The highest BCUT2D eigenvalue weighted by molar-refractivity contribution is 4.76. The van der Waals surface area contributed by atoms with Crippen LogP contribution in [0.15, 0.2) is 0 Å². The third-order valence-electron chi connectivity index (χ3n) is 1.68. The van der Waals surface area contributed by atoms with Gasteiger partial charge in [0.05, 0.1) is 13.2 Å². The van der Waals surface area contributed by atoms with Gasteiger partial charge in [-0.1, -0.05) is 6.92 Å². The van der Waals surface area contributed by atoms with Crippen molar-refractivity contribution in [2.24, 2.45) is 5.41 Å². The van der Waals surface area contributed by atoms with Crippen LogP contribution < -0.4 is 0 Å². The van der Waals surface area contributed by atoms with Crippen molar-refractivity contribution in [3.63, 3.8) is 0 Å². The van der Waals surface area contributed by atoms with E-state index in [2.05, 4.69) is 0 Å². The highest BCUT2D eigenvalue weighted by atomic mass is 16.5. The normalized spacial score (nSPS) is 38.2. The summed E-state index contributed by atoms with van der Waals surface area (Å²) in [4.78, 5) is 0. The van der Waals surface area contributed by atoms with E-state index in [0.29, 0.717) is 0 Å². The quantitative estimate of drug-likeness (QED) is 0.537. The van der Waals surface area contributed by atoms with Crippen LogP contribution in [0, 0.1) is 5.41 Å². The van der Waals surface area contributed by atoms with Gasteiger partial charge in [-0.05, 0) is 6.42 Å². The van der Waals surface area contributed by atoms with Crippen molar-refractivity contribution >= 4 is 0 Å². The monoisotopic (exact) mass is 116 g/mol. The van der Waals surface area contributed by atoms with Gasteiger partial charge < -0.3 is 9.84 Å². The van der Waals surface area contributed by atoms with Gasteiger partial charge in [-0.2, -0.15) is 0 Å². The summed E-state index contributed by atoms with van der Waals surface area (Å²) in [5.74, 6) is 0. The van der Waals surface area contributed by atoms with Crippen molar-refractivity contribution in [3.05, 3.63) is 0 Å². The number of hydrogen-bond donors (Lipinski definition) is 1. The van der Waals surface area contributed by atoms with E-state index in [0.717, 1.165) is 19.6 Å². The van der Waals surface area contributed by atoms with Gasteiger partial charge in [-0.15, -0.1) is 0 Å². The SMILES string of the molecule is CC1(CO)CCOC1. The van der Waals surface area contributed by atoms with Crippen LogP contribution in [0.1, 0.15) is 13.3 Å². The summed E-state index contributed by atoms with van der Waals surface area (Å²) >= 11 is 0. The van der Waals surface area contributed by atoms with Crippen LogP contribution >= 0.6 is 0 Å². The van der Waals surface area contributed by atoms with E-state index in [1.54, 1.807) is 0 Å². The third kappa shape index (κ3) is 1.01. The summed E-state index contributed by atoms with van der Waals surface area (Å²) in [5, 5.41) is 8.75. The Hall–Kier alpha value is -0.0800. The molecule has 1 atom stereocenters. The van der Waals surface area contributed by atoms with Gasteiger partial charge in [0, 0.05) is 12.0 Å². The predicted octanol–water partition coefficient (Wildman–Crippen LogP) is 0.405. The molecule has 0 amide bonds. The van der Waals surface area contributed by atoms with Crippen molar-refractivity contribution < 1.29 is 9.84 Å². The lowest BCUT2D eigenvalue weighted by atomic mass is 9.92. The Balaban J connectivity index is 2.40. The summed E-state index contributed by atoms with van der Waals surface area (Å²) in [7, 11) is 0. The maximum Gasteiger partial charge on any atom is 0.0542 e. The topological polar surface area (TPSA) is 29.5 Å². The first-order valence-corrected chi connectivity index (χ1v) is 2.95. The van der Waals surface area contributed by atoms with E-state index < -0.39 is 0 Å². The van der Waals surface area contributed by atoms with E-state index in [4.69, 9.17) is 9.84 Å². The Bertz CT molecular complexity index is 74.6. The molecule has 1 aliphatic rings. The number of hydrogen-bond acceptors (Lipinski definition) is 2. The molecule has 48 valence electrons. The maximum absolute atomic E-state index is 8.75. The molecule has 0 aromatic rings. The summed E-state index contributed by atoms with van der Waals surface area (Å²) in [5.41, 5.74) is 0.0694. The van der Waals surface area contributed by atoms with Gasteiger partial charge in [0.25, 0.3) is 0 Å². The molecule has 0 spiro atoms. The molecule has 0 aromatic heterocycles. The molecule has 8 heavy (non-hydrogen) atoms. The van der Waals surface area contributed by atoms with Gasteiger partial charge in [0.2, 0.25) is 0 Å². The molecule has 1 saturated heterocycles. The van der Waals surface area contributed by atoms with Gasteiger partial charge >= 0.3 is 0 Å². The van der Waals surface area contributed by atoms with E-state index in [9.17, 15) is 0 Å². The van der Waals surface area contributed by atoms with Gasteiger partial charge in [-0.3, -0.25) is 0 Å². The smallest absolute Gasteiger partial charge is 0.0542 e. The third-order valence-corrected chi connectivity index (χ3v) is 1.68. The molecule has 0 bridgehead atoms. The minimum Gasteiger partial charge on any atom is -0.396 e. The molecular formula is C6H12O2. The van der Waals surface area contributed by atoms with Gasteiger partial charge in [0.1, 0.15) is 0 Å². The van der Waals surface area contributed by atoms with Gasteiger partial charge in [0.15, 0.2) is 0 Å². The first-order valence-electron chi connectivity index (χ1n) is 2.95. The second-order valence-corrected chi connectivity index (χ2v) is 2.77. The molecule has 0 saturated carbocycles. The number of aliphatic hydroxyl groups excluding tert-OH is 1. The minimum absolute atomic E-state index is 0.0694. The second kappa shape index (κ2) is 2.03. The van der Waals surface area contributed by atoms with Crippen molar-refractivity contribution in [3.8, 4) is 0 Å². The largest absolute Gasteiger partial charge is 0.396 e. The van der Waals surface area contributed by atoms with E-state index >= 15 is 0 Å². The van der Waals surface area contributed by atoms with Crippen molar-refractivity contribution in [1.82, 2.24) is 0 Å². The first kappa shape index (κ1) is 6.05. The molecule has 0 radical (unpaired) electrons. The molecule has 1 heterocycles. The molecule has 1 fully saturated rings. The lowest BCUT2D eigenvalue weighted by Crippen LogP contribution is -2.20. The maximum atomic E-state index is 8.75. The van der Waals surface area contributed by atoms with Crippen LogP contribution in [-0.4, -0.2) is 24.9 Å². The Morgan fingerprint density at radius 2 is 2.50 bits per heavy atom. The molecule has 1 N–H and O–H groups in total. The number of aliphatic hydroxyl groups is 1. The Labute approximate surface area is 49.5 Å². The summed E-state index contributed by atoms with van der Waals surface area (Å²) in [6, 6.07) is 0. The summed E-state index contributed by atoms with van der Waals surface area (Å²) in [6.45, 7) is 3.84. The molecule has 1 aliphatic heterocycles. The van der Waals surface area contributed by atoms with Crippen LogP contribution in [-0.2, 0) is 4.74 Å². The van der Waals surface area contributed by atoms with Crippen LogP contribution in [0.4, 0.5) is 0 Å². The molecular weight excluding hydrogens is 104 g/mol. The fraction of sp³-hybridized carbons (Fsp3) is 1.00. The van der Waals surface area contributed by atoms with Crippen LogP contribution in [0.2, 0.25) is 0 Å². The molecule has 0 aromatic carbocycles. The standard InChI is InChI=1S/C6H12O2/c1-6(4-7)2-3-8-5-6/h7H,2-5H2,1H3. The van der Waals surface area contributed by atoms with Crippen molar-refractivity contribution in [2.75, 3.05) is 19.8 Å². The lowest BCUT2D eigenvalue weighted by molar-refractivity contribution is 0.107.